The van der Waals surface area contributed by atoms with Gasteiger partial charge in [-0.25, -0.2) is 4.39 Å². The van der Waals surface area contributed by atoms with Crippen LogP contribution in [-0.4, -0.2) is 5.91 Å². The van der Waals surface area contributed by atoms with Crippen LogP contribution in [0.3, 0.4) is 0 Å². The van der Waals surface area contributed by atoms with Crippen LogP contribution in [0.1, 0.15) is 27.2 Å². The molecule has 0 aromatic carbocycles. The fourth-order valence-corrected chi connectivity index (χ4v) is 0.590. The summed E-state index contributed by atoms with van der Waals surface area (Å²) in [6, 6.07) is 0. The first kappa shape index (κ1) is 10.9. The molecule has 0 saturated heterocycles. The molecule has 0 bridgehead atoms. The lowest BCUT2D eigenvalue weighted by atomic mass is 10.3. The monoisotopic (exact) mass is 171 g/mol. The van der Waals surface area contributed by atoms with E-state index in [2.05, 4.69) is 5.32 Å². The highest BCUT2D eigenvalue weighted by Gasteiger charge is 1.94. The van der Waals surface area contributed by atoms with Crippen LogP contribution in [0.25, 0.3) is 0 Å². The van der Waals surface area contributed by atoms with Gasteiger partial charge in [0.1, 0.15) is 0 Å². The first-order chi connectivity index (χ1) is 5.56. The van der Waals surface area contributed by atoms with Crippen LogP contribution in [0, 0.1) is 0 Å². The highest BCUT2D eigenvalue weighted by molar-refractivity contribution is 5.77. The average Bonchev–Trinajstić information content (AvgIpc) is 2.00. The predicted molar refractivity (Wildman–Crippen MR) is 47.1 cm³/mol. The SMILES string of the molecule is CCC(=O)N/C(C)=C/C=C(\C)F. The van der Waals surface area contributed by atoms with Gasteiger partial charge in [-0.15, -0.1) is 0 Å². The molecule has 0 aliphatic carbocycles. The Morgan fingerprint density at radius 1 is 1.42 bits per heavy atom. The molecule has 0 aliphatic heterocycles. The van der Waals surface area contributed by atoms with Crippen LogP contribution in [0.2, 0.25) is 0 Å². The fourth-order valence-electron chi connectivity index (χ4n) is 0.590. The van der Waals surface area contributed by atoms with Gasteiger partial charge in [0.05, 0.1) is 5.83 Å². The van der Waals surface area contributed by atoms with Crippen molar-refractivity contribution in [1.82, 2.24) is 5.32 Å². The number of rotatable bonds is 3. The van der Waals surface area contributed by atoms with Crippen molar-refractivity contribution >= 4 is 5.91 Å². The Kier molecular flexibility index (Phi) is 5.00. The Morgan fingerprint density at radius 2 is 2.00 bits per heavy atom. The third-order valence-electron chi connectivity index (χ3n) is 1.22. The van der Waals surface area contributed by atoms with Crippen molar-refractivity contribution in [3.63, 3.8) is 0 Å². The molecule has 68 valence electrons. The lowest BCUT2D eigenvalue weighted by Gasteiger charge is -2.00. The Balaban J connectivity index is 4.03. The van der Waals surface area contributed by atoms with E-state index in [0.717, 1.165) is 0 Å². The van der Waals surface area contributed by atoms with E-state index in [-0.39, 0.29) is 11.7 Å². The minimum Gasteiger partial charge on any atom is -0.330 e. The fraction of sp³-hybridized carbons (Fsp3) is 0.444. The Bertz CT molecular complexity index is 215. The summed E-state index contributed by atoms with van der Waals surface area (Å²) in [6.45, 7) is 4.83. The normalized spacial score (nSPS) is 13.0. The maximum Gasteiger partial charge on any atom is 0.223 e. The molecule has 0 rings (SSSR count). The smallest absolute Gasteiger partial charge is 0.223 e. The van der Waals surface area contributed by atoms with Crippen molar-refractivity contribution in [3.05, 3.63) is 23.7 Å². The summed E-state index contributed by atoms with van der Waals surface area (Å²) in [6.07, 6.45) is 3.28. The second kappa shape index (κ2) is 5.52. The Morgan fingerprint density at radius 3 is 2.42 bits per heavy atom. The van der Waals surface area contributed by atoms with Gasteiger partial charge in [0.2, 0.25) is 5.91 Å². The van der Waals surface area contributed by atoms with E-state index >= 15 is 0 Å². The Labute approximate surface area is 72.2 Å². The summed E-state index contributed by atoms with van der Waals surface area (Å²) in [5, 5.41) is 2.60. The molecule has 0 heterocycles. The van der Waals surface area contributed by atoms with Crippen molar-refractivity contribution in [3.8, 4) is 0 Å². The van der Waals surface area contributed by atoms with Gasteiger partial charge in [-0.3, -0.25) is 4.79 Å². The highest BCUT2D eigenvalue weighted by atomic mass is 19.1. The van der Waals surface area contributed by atoms with Crippen molar-refractivity contribution in [2.45, 2.75) is 27.2 Å². The maximum atomic E-state index is 12.2. The molecule has 0 atom stereocenters. The quantitative estimate of drug-likeness (QED) is 0.648. The van der Waals surface area contributed by atoms with E-state index in [1.54, 1.807) is 13.8 Å². The lowest BCUT2D eigenvalue weighted by molar-refractivity contribution is -0.120. The molecule has 2 nitrogen and oxygen atoms in total. The molecular formula is C9H14FNO. The van der Waals surface area contributed by atoms with Gasteiger partial charge in [-0.05, 0) is 26.0 Å². The van der Waals surface area contributed by atoms with E-state index in [1.165, 1.54) is 19.1 Å². The number of halogens is 1. The molecule has 0 saturated carbocycles. The predicted octanol–water partition coefficient (Wildman–Crippen LogP) is 2.29. The molecule has 0 spiro atoms. The number of hydrogen-bond donors (Lipinski definition) is 1. The molecule has 1 amide bonds. The third-order valence-corrected chi connectivity index (χ3v) is 1.22. The van der Waals surface area contributed by atoms with Crippen LogP contribution in [0.4, 0.5) is 4.39 Å². The third kappa shape index (κ3) is 5.65. The highest BCUT2D eigenvalue weighted by Crippen LogP contribution is 1.95. The van der Waals surface area contributed by atoms with Gasteiger partial charge in [0.15, 0.2) is 0 Å². The average molecular weight is 171 g/mol. The number of amides is 1. The van der Waals surface area contributed by atoms with Gasteiger partial charge in [0, 0.05) is 12.1 Å². The Hall–Kier alpha value is -1.12. The van der Waals surface area contributed by atoms with Crippen molar-refractivity contribution in [1.29, 1.82) is 0 Å². The van der Waals surface area contributed by atoms with E-state index in [1.807, 2.05) is 0 Å². The topological polar surface area (TPSA) is 29.1 Å². The number of carbonyl (C=O) groups excluding carboxylic acids is 1. The standard InChI is InChI=1S/C9H14FNO/c1-4-9(12)11-8(3)6-5-7(2)10/h5-6H,4H2,1-3H3,(H,11,12)/b7-5+,8-6+. The first-order valence-corrected chi connectivity index (χ1v) is 3.86. The molecule has 0 aliphatic rings. The van der Waals surface area contributed by atoms with Crippen LogP contribution in [-0.2, 0) is 4.79 Å². The minimum absolute atomic E-state index is 0.0614. The first-order valence-electron chi connectivity index (χ1n) is 3.86. The van der Waals surface area contributed by atoms with E-state index < -0.39 is 0 Å². The number of nitrogens with one attached hydrogen (secondary N) is 1. The molecular weight excluding hydrogens is 157 g/mol. The van der Waals surface area contributed by atoms with Crippen LogP contribution in [0.15, 0.2) is 23.7 Å². The van der Waals surface area contributed by atoms with E-state index in [0.29, 0.717) is 12.1 Å². The zero-order valence-electron chi connectivity index (χ0n) is 7.65. The summed E-state index contributed by atoms with van der Waals surface area (Å²) in [4.78, 5) is 10.8. The molecule has 0 aromatic rings. The van der Waals surface area contributed by atoms with Gasteiger partial charge in [-0.2, -0.15) is 0 Å². The zero-order valence-corrected chi connectivity index (χ0v) is 7.65. The summed E-state index contributed by atoms with van der Waals surface area (Å²) >= 11 is 0. The molecule has 1 N–H and O–H groups in total. The largest absolute Gasteiger partial charge is 0.330 e. The molecule has 0 unspecified atom stereocenters. The van der Waals surface area contributed by atoms with Gasteiger partial charge in [0.25, 0.3) is 0 Å². The van der Waals surface area contributed by atoms with Crippen LogP contribution >= 0.6 is 0 Å². The second-order valence-corrected chi connectivity index (χ2v) is 2.50. The lowest BCUT2D eigenvalue weighted by Crippen LogP contribution is -2.19. The molecule has 0 radical (unpaired) electrons. The summed E-state index contributed by atoms with van der Waals surface area (Å²) in [5.74, 6) is -0.339. The molecule has 0 aromatic heterocycles. The zero-order chi connectivity index (χ0) is 9.56. The number of carbonyl (C=O) groups is 1. The molecule has 3 heteroatoms. The van der Waals surface area contributed by atoms with Crippen molar-refractivity contribution in [2.75, 3.05) is 0 Å². The number of hydrogen-bond acceptors (Lipinski definition) is 1. The van der Waals surface area contributed by atoms with Gasteiger partial charge in [-0.1, -0.05) is 6.92 Å². The summed E-state index contributed by atoms with van der Waals surface area (Å²) < 4.78 is 12.2. The number of allylic oxidation sites excluding steroid dienone is 4. The van der Waals surface area contributed by atoms with Crippen molar-refractivity contribution < 1.29 is 9.18 Å². The summed E-state index contributed by atoms with van der Waals surface area (Å²) in [5.41, 5.74) is 0.652. The molecule has 12 heavy (non-hydrogen) atoms. The van der Waals surface area contributed by atoms with Crippen molar-refractivity contribution in [2.24, 2.45) is 0 Å². The maximum absolute atomic E-state index is 12.2. The summed E-state index contributed by atoms with van der Waals surface area (Å²) in [7, 11) is 0. The van der Waals surface area contributed by atoms with Crippen LogP contribution in [0.5, 0.6) is 0 Å². The minimum atomic E-state index is -0.278. The van der Waals surface area contributed by atoms with Gasteiger partial charge < -0.3 is 5.32 Å². The molecule has 0 fully saturated rings. The van der Waals surface area contributed by atoms with Crippen LogP contribution < -0.4 is 5.32 Å². The van der Waals surface area contributed by atoms with Gasteiger partial charge >= 0.3 is 0 Å². The van der Waals surface area contributed by atoms with E-state index in [4.69, 9.17) is 0 Å². The van der Waals surface area contributed by atoms with E-state index in [9.17, 15) is 9.18 Å². The second-order valence-electron chi connectivity index (χ2n) is 2.50.